The van der Waals surface area contributed by atoms with Gasteiger partial charge < -0.3 is 10.1 Å². The molecular weight excluding hydrogens is 229 g/mol. The summed E-state index contributed by atoms with van der Waals surface area (Å²) in [5.74, 6) is -0.221. The van der Waals surface area contributed by atoms with Gasteiger partial charge in [0, 0.05) is 30.3 Å². The first-order valence-corrected chi connectivity index (χ1v) is 5.68. The standard InChI is InChI=1S/C12H17ClFNO/c1-15-12(4-3-7-16-2)10-8-9(13)5-6-11(10)14/h5-6,8,12,15H,3-4,7H2,1-2H3. The highest BCUT2D eigenvalue weighted by atomic mass is 35.5. The first-order valence-electron chi connectivity index (χ1n) is 5.30. The third-order valence-corrected chi connectivity index (χ3v) is 2.76. The molecule has 1 atom stereocenters. The molecule has 16 heavy (non-hydrogen) atoms. The van der Waals surface area contributed by atoms with E-state index in [4.69, 9.17) is 16.3 Å². The van der Waals surface area contributed by atoms with Gasteiger partial charge in [0.05, 0.1) is 0 Å². The summed E-state index contributed by atoms with van der Waals surface area (Å²) in [4.78, 5) is 0. The number of halogens is 2. The van der Waals surface area contributed by atoms with Gasteiger partial charge in [0.15, 0.2) is 0 Å². The Morgan fingerprint density at radius 2 is 2.25 bits per heavy atom. The van der Waals surface area contributed by atoms with Gasteiger partial charge in [0.1, 0.15) is 5.82 Å². The van der Waals surface area contributed by atoms with Gasteiger partial charge in [-0.15, -0.1) is 0 Å². The van der Waals surface area contributed by atoms with E-state index in [0.29, 0.717) is 17.2 Å². The van der Waals surface area contributed by atoms with Gasteiger partial charge in [-0.05, 0) is 38.1 Å². The molecule has 1 aromatic carbocycles. The Morgan fingerprint density at radius 3 is 2.88 bits per heavy atom. The van der Waals surface area contributed by atoms with Gasteiger partial charge in [-0.1, -0.05) is 11.6 Å². The maximum Gasteiger partial charge on any atom is 0.128 e. The Kier molecular flexibility index (Phi) is 5.74. The van der Waals surface area contributed by atoms with Gasteiger partial charge >= 0.3 is 0 Å². The predicted molar refractivity (Wildman–Crippen MR) is 64.3 cm³/mol. The van der Waals surface area contributed by atoms with Crippen LogP contribution in [0.3, 0.4) is 0 Å². The molecule has 0 aromatic heterocycles. The van der Waals surface area contributed by atoms with E-state index >= 15 is 0 Å². The normalized spacial score (nSPS) is 12.8. The van der Waals surface area contributed by atoms with Crippen LogP contribution in [0, 0.1) is 5.82 Å². The molecule has 1 N–H and O–H groups in total. The number of methoxy groups -OCH3 is 1. The molecule has 2 nitrogen and oxygen atoms in total. The molecule has 0 saturated heterocycles. The average Bonchev–Trinajstić information content (AvgIpc) is 2.28. The van der Waals surface area contributed by atoms with Crippen LogP contribution >= 0.6 is 11.6 Å². The summed E-state index contributed by atoms with van der Waals surface area (Å²) in [6.45, 7) is 0.681. The summed E-state index contributed by atoms with van der Waals surface area (Å²) in [5, 5.41) is 3.65. The quantitative estimate of drug-likeness (QED) is 0.778. The fraction of sp³-hybridized carbons (Fsp3) is 0.500. The molecule has 1 unspecified atom stereocenters. The second kappa shape index (κ2) is 6.84. The SMILES string of the molecule is CNC(CCCOC)c1cc(Cl)ccc1F. The number of nitrogens with one attached hydrogen (secondary N) is 1. The fourth-order valence-corrected chi connectivity index (χ4v) is 1.85. The number of ether oxygens (including phenoxy) is 1. The molecule has 0 fully saturated rings. The van der Waals surface area contributed by atoms with E-state index in [9.17, 15) is 4.39 Å². The summed E-state index contributed by atoms with van der Waals surface area (Å²) in [7, 11) is 3.48. The lowest BCUT2D eigenvalue weighted by molar-refractivity contribution is 0.189. The predicted octanol–water partition coefficient (Wildman–Crippen LogP) is 3.17. The number of hydrogen-bond donors (Lipinski definition) is 1. The lowest BCUT2D eigenvalue weighted by Gasteiger charge is -2.17. The molecule has 0 spiro atoms. The number of hydrogen-bond acceptors (Lipinski definition) is 2. The van der Waals surface area contributed by atoms with Crippen molar-refractivity contribution in [1.82, 2.24) is 5.32 Å². The van der Waals surface area contributed by atoms with Gasteiger partial charge in [0.25, 0.3) is 0 Å². The molecule has 0 aliphatic rings. The topological polar surface area (TPSA) is 21.3 Å². The highest BCUT2D eigenvalue weighted by Gasteiger charge is 2.13. The molecule has 0 aliphatic carbocycles. The monoisotopic (exact) mass is 245 g/mol. The fourth-order valence-electron chi connectivity index (χ4n) is 1.67. The van der Waals surface area contributed by atoms with Crippen molar-refractivity contribution in [1.29, 1.82) is 0 Å². The molecule has 0 amide bonds. The van der Waals surface area contributed by atoms with Crippen molar-refractivity contribution in [2.24, 2.45) is 0 Å². The van der Waals surface area contributed by atoms with Crippen LogP contribution < -0.4 is 5.32 Å². The van der Waals surface area contributed by atoms with Crippen LogP contribution in [0.1, 0.15) is 24.4 Å². The van der Waals surface area contributed by atoms with Gasteiger partial charge in [-0.3, -0.25) is 0 Å². The van der Waals surface area contributed by atoms with E-state index in [2.05, 4.69) is 5.32 Å². The molecule has 0 saturated carbocycles. The van der Waals surface area contributed by atoms with Crippen molar-refractivity contribution in [2.45, 2.75) is 18.9 Å². The summed E-state index contributed by atoms with van der Waals surface area (Å²) in [5.41, 5.74) is 0.617. The minimum Gasteiger partial charge on any atom is -0.385 e. The minimum absolute atomic E-state index is 0.0196. The Bertz CT molecular complexity index is 333. The molecule has 4 heteroatoms. The third-order valence-electron chi connectivity index (χ3n) is 2.52. The van der Waals surface area contributed by atoms with Crippen LogP contribution in [0.15, 0.2) is 18.2 Å². The lowest BCUT2D eigenvalue weighted by Crippen LogP contribution is -2.18. The minimum atomic E-state index is -0.221. The van der Waals surface area contributed by atoms with Crippen molar-refractivity contribution in [2.75, 3.05) is 20.8 Å². The largest absolute Gasteiger partial charge is 0.385 e. The average molecular weight is 246 g/mol. The van der Waals surface area contributed by atoms with E-state index in [1.54, 1.807) is 19.2 Å². The lowest BCUT2D eigenvalue weighted by atomic mass is 10.0. The smallest absolute Gasteiger partial charge is 0.128 e. The second-order valence-corrected chi connectivity index (χ2v) is 4.08. The van der Waals surface area contributed by atoms with Crippen molar-refractivity contribution in [3.8, 4) is 0 Å². The summed E-state index contributed by atoms with van der Waals surface area (Å²) >= 11 is 5.86. The number of rotatable bonds is 6. The highest BCUT2D eigenvalue weighted by Crippen LogP contribution is 2.24. The summed E-state index contributed by atoms with van der Waals surface area (Å²) in [6, 6.07) is 4.61. The van der Waals surface area contributed by atoms with Crippen LogP contribution in [-0.2, 0) is 4.74 Å². The van der Waals surface area contributed by atoms with Crippen molar-refractivity contribution in [3.05, 3.63) is 34.6 Å². The molecule has 0 bridgehead atoms. The van der Waals surface area contributed by atoms with Gasteiger partial charge in [-0.2, -0.15) is 0 Å². The number of benzene rings is 1. The Morgan fingerprint density at radius 1 is 1.50 bits per heavy atom. The maximum absolute atomic E-state index is 13.6. The zero-order valence-electron chi connectivity index (χ0n) is 9.59. The second-order valence-electron chi connectivity index (χ2n) is 3.64. The Hall–Kier alpha value is -0.640. The third kappa shape index (κ3) is 3.74. The molecule has 90 valence electrons. The van der Waals surface area contributed by atoms with Crippen LogP contribution in [-0.4, -0.2) is 20.8 Å². The Labute approximate surface area is 101 Å². The summed E-state index contributed by atoms with van der Waals surface area (Å²) < 4.78 is 18.6. The van der Waals surface area contributed by atoms with E-state index in [-0.39, 0.29) is 11.9 Å². The Balaban J connectivity index is 2.73. The maximum atomic E-state index is 13.6. The van der Waals surface area contributed by atoms with E-state index in [1.807, 2.05) is 7.05 Å². The van der Waals surface area contributed by atoms with Gasteiger partial charge in [0.2, 0.25) is 0 Å². The van der Waals surface area contributed by atoms with Crippen molar-refractivity contribution < 1.29 is 9.13 Å². The van der Waals surface area contributed by atoms with Crippen molar-refractivity contribution >= 4 is 11.6 Å². The molecular formula is C12H17ClFNO. The van der Waals surface area contributed by atoms with Gasteiger partial charge in [-0.25, -0.2) is 4.39 Å². The van der Waals surface area contributed by atoms with E-state index in [0.717, 1.165) is 12.8 Å². The molecule has 0 heterocycles. The van der Waals surface area contributed by atoms with Crippen LogP contribution in [0.2, 0.25) is 5.02 Å². The molecule has 0 aliphatic heterocycles. The first kappa shape index (κ1) is 13.4. The van der Waals surface area contributed by atoms with E-state index < -0.39 is 0 Å². The molecule has 1 aromatic rings. The molecule has 0 radical (unpaired) electrons. The zero-order valence-corrected chi connectivity index (χ0v) is 10.4. The van der Waals surface area contributed by atoms with E-state index in [1.165, 1.54) is 6.07 Å². The first-order chi connectivity index (χ1) is 7.69. The zero-order chi connectivity index (χ0) is 12.0. The highest BCUT2D eigenvalue weighted by molar-refractivity contribution is 6.30. The molecule has 1 rings (SSSR count). The van der Waals surface area contributed by atoms with Crippen LogP contribution in [0.25, 0.3) is 0 Å². The summed E-state index contributed by atoms with van der Waals surface area (Å²) in [6.07, 6.45) is 1.70. The van der Waals surface area contributed by atoms with Crippen LogP contribution in [0.5, 0.6) is 0 Å². The van der Waals surface area contributed by atoms with Crippen molar-refractivity contribution in [3.63, 3.8) is 0 Å². The van der Waals surface area contributed by atoms with Crippen LogP contribution in [0.4, 0.5) is 4.39 Å².